The van der Waals surface area contributed by atoms with E-state index in [2.05, 4.69) is 10.6 Å². The summed E-state index contributed by atoms with van der Waals surface area (Å²) in [5.41, 5.74) is 11.9. The van der Waals surface area contributed by atoms with E-state index in [9.17, 15) is 24.6 Å². The molecule has 0 aromatic heterocycles. The van der Waals surface area contributed by atoms with Crippen molar-refractivity contribution in [1.82, 2.24) is 15.5 Å². The smallest absolute Gasteiger partial charge is 0.326 e. The molecule has 1 aromatic carbocycles. The van der Waals surface area contributed by atoms with Crippen LogP contribution in [0.2, 0.25) is 0 Å². The SMILES string of the molecule is CN(CC(=O)NCCCC[C@H](NC(=O)C(N)Cc1ccc(O)cc1)C(=O)O)C(=N)N. The molecule has 1 rings (SSSR count). The highest BCUT2D eigenvalue weighted by atomic mass is 16.4. The number of carbonyl (C=O) groups is 3. The number of amides is 2. The molecule has 1 unspecified atom stereocenters. The van der Waals surface area contributed by atoms with Gasteiger partial charge in [0.1, 0.15) is 11.8 Å². The lowest BCUT2D eigenvalue weighted by Crippen LogP contribution is -2.49. The van der Waals surface area contributed by atoms with Gasteiger partial charge in [-0.15, -0.1) is 0 Å². The number of carboxylic acids is 1. The first-order valence-electron chi connectivity index (χ1n) is 9.48. The monoisotopic (exact) mass is 422 g/mol. The number of rotatable bonds is 12. The molecule has 0 bridgehead atoms. The number of likely N-dealkylation sites (N-methyl/N-ethyl adjacent to an activating group) is 1. The normalized spacial score (nSPS) is 12.5. The van der Waals surface area contributed by atoms with Crippen molar-refractivity contribution < 1.29 is 24.6 Å². The number of benzene rings is 1. The number of guanidine groups is 1. The van der Waals surface area contributed by atoms with Crippen LogP contribution >= 0.6 is 0 Å². The van der Waals surface area contributed by atoms with E-state index in [-0.39, 0.29) is 37.0 Å². The molecule has 0 aliphatic heterocycles. The Labute approximate surface area is 174 Å². The highest BCUT2D eigenvalue weighted by molar-refractivity contribution is 5.87. The largest absolute Gasteiger partial charge is 0.508 e. The lowest BCUT2D eigenvalue weighted by molar-refractivity contribution is -0.142. The van der Waals surface area contributed by atoms with Crippen LogP contribution < -0.4 is 22.1 Å². The minimum absolute atomic E-state index is 0.0396. The summed E-state index contributed by atoms with van der Waals surface area (Å²) in [6.45, 7) is 0.299. The maximum absolute atomic E-state index is 12.2. The number of nitrogens with two attached hydrogens (primary N) is 2. The van der Waals surface area contributed by atoms with E-state index in [0.29, 0.717) is 19.4 Å². The van der Waals surface area contributed by atoms with Crippen LogP contribution in [0.4, 0.5) is 0 Å². The predicted octanol–water partition coefficient (Wildman–Crippen LogP) is -1.06. The van der Waals surface area contributed by atoms with Crippen LogP contribution in [0, 0.1) is 5.41 Å². The minimum Gasteiger partial charge on any atom is -0.508 e. The van der Waals surface area contributed by atoms with Crippen molar-refractivity contribution in [2.45, 2.75) is 37.8 Å². The van der Waals surface area contributed by atoms with Gasteiger partial charge >= 0.3 is 5.97 Å². The second-order valence-corrected chi connectivity index (χ2v) is 6.96. The van der Waals surface area contributed by atoms with Gasteiger partial charge in [-0.2, -0.15) is 0 Å². The number of nitrogens with zero attached hydrogens (tertiary/aromatic N) is 1. The van der Waals surface area contributed by atoms with Crippen molar-refractivity contribution in [3.05, 3.63) is 29.8 Å². The van der Waals surface area contributed by atoms with E-state index in [1.165, 1.54) is 24.1 Å². The summed E-state index contributed by atoms with van der Waals surface area (Å²) >= 11 is 0. The molecule has 0 heterocycles. The molecule has 9 N–H and O–H groups in total. The number of aromatic hydroxyl groups is 1. The maximum Gasteiger partial charge on any atom is 0.326 e. The molecule has 0 saturated heterocycles. The molecule has 0 saturated carbocycles. The zero-order valence-corrected chi connectivity index (χ0v) is 16.9. The summed E-state index contributed by atoms with van der Waals surface area (Å²) in [6.07, 6.45) is 1.39. The second-order valence-electron chi connectivity index (χ2n) is 6.96. The molecular formula is C19H30N6O5. The van der Waals surface area contributed by atoms with Gasteiger partial charge in [-0.25, -0.2) is 4.79 Å². The van der Waals surface area contributed by atoms with Gasteiger partial charge in [-0.1, -0.05) is 12.1 Å². The third-order valence-electron chi connectivity index (χ3n) is 4.38. The molecule has 30 heavy (non-hydrogen) atoms. The molecule has 0 fully saturated rings. The topological polar surface area (TPSA) is 195 Å². The highest BCUT2D eigenvalue weighted by Gasteiger charge is 2.23. The Morgan fingerprint density at radius 2 is 1.83 bits per heavy atom. The molecule has 2 amide bonds. The number of unbranched alkanes of at least 4 members (excludes halogenated alkanes) is 1. The zero-order chi connectivity index (χ0) is 22.7. The number of carboxylic acid groups (broad SMARTS) is 1. The summed E-state index contributed by atoms with van der Waals surface area (Å²) < 4.78 is 0. The van der Waals surface area contributed by atoms with E-state index >= 15 is 0 Å². The molecular weight excluding hydrogens is 392 g/mol. The van der Waals surface area contributed by atoms with Gasteiger partial charge in [0.05, 0.1) is 12.6 Å². The predicted molar refractivity (Wildman–Crippen MR) is 111 cm³/mol. The molecule has 11 nitrogen and oxygen atoms in total. The Balaban J connectivity index is 2.37. The quantitative estimate of drug-likeness (QED) is 0.126. The van der Waals surface area contributed by atoms with Gasteiger partial charge < -0.3 is 37.2 Å². The Morgan fingerprint density at radius 1 is 1.20 bits per heavy atom. The van der Waals surface area contributed by atoms with Gasteiger partial charge in [0.25, 0.3) is 0 Å². The number of phenolic OH excluding ortho intramolecular Hbond substituents is 1. The van der Waals surface area contributed by atoms with Crippen molar-refractivity contribution in [1.29, 1.82) is 5.41 Å². The average molecular weight is 422 g/mol. The Kier molecular flexibility index (Phi) is 10.1. The molecule has 0 spiro atoms. The minimum atomic E-state index is -1.16. The van der Waals surface area contributed by atoms with E-state index in [0.717, 1.165) is 5.56 Å². The zero-order valence-electron chi connectivity index (χ0n) is 16.9. The third kappa shape index (κ3) is 9.24. The molecule has 1 aromatic rings. The van der Waals surface area contributed by atoms with Crippen molar-refractivity contribution >= 4 is 23.7 Å². The first kappa shape index (κ1) is 24.7. The summed E-state index contributed by atoms with van der Waals surface area (Å²) in [5, 5.41) is 30.9. The molecule has 0 aliphatic carbocycles. The van der Waals surface area contributed by atoms with Crippen molar-refractivity contribution in [3.8, 4) is 5.75 Å². The van der Waals surface area contributed by atoms with Crippen molar-refractivity contribution in [3.63, 3.8) is 0 Å². The van der Waals surface area contributed by atoms with Crippen LogP contribution in [0.25, 0.3) is 0 Å². The van der Waals surface area contributed by atoms with Crippen molar-refractivity contribution in [2.24, 2.45) is 11.5 Å². The fourth-order valence-electron chi connectivity index (χ4n) is 2.57. The van der Waals surface area contributed by atoms with Gasteiger partial charge in [0.15, 0.2) is 5.96 Å². The van der Waals surface area contributed by atoms with E-state index in [1.54, 1.807) is 12.1 Å². The number of aliphatic carboxylic acids is 1. The Bertz CT molecular complexity index is 739. The van der Waals surface area contributed by atoms with E-state index < -0.39 is 24.0 Å². The van der Waals surface area contributed by atoms with Crippen LogP contribution in [0.1, 0.15) is 24.8 Å². The van der Waals surface area contributed by atoms with Gasteiger partial charge in [0, 0.05) is 13.6 Å². The third-order valence-corrected chi connectivity index (χ3v) is 4.38. The summed E-state index contributed by atoms with van der Waals surface area (Å²) in [7, 11) is 1.52. The lowest BCUT2D eigenvalue weighted by Gasteiger charge is -2.18. The molecule has 2 atom stereocenters. The van der Waals surface area contributed by atoms with E-state index in [4.69, 9.17) is 16.9 Å². The van der Waals surface area contributed by atoms with Crippen molar-refractivity contribution in [2.75, 3.05) is 20.1 Å². The van der Waals surface area contributed by atoms with Crippen LogP contribution in [0.3, 0.4) is 0 Å². The average Bonchev–Trinajstić information content (AvgIpc) is 2.67. The second kappa shape index (κ2) is 12.3. The standard InChI is InChI=1S/C19H30N6O5/c1-25(19(21)22)11-16(27)23-9-3-2-4-15(18(29)30)24-17(28)14(20)10-12-5-7-13(26)8-6-12/h5-8,14-15,26H,2-4,9-11,20H2,1H3,(H3,21,22)(H,23,27)(H,24,28)(H,29,30)/t14?,15-/m0/s1. The molecule has 11 heteroatoms. The first-order valence-corrected chi connectivity index (χ1v) is 9.48. The number of nitrogens with one attached hydrogen (secondary N) is 3. The fourth-order valence-corrected chi connectivity index (χ4v) is 2.57. The first-order chi connectivity index (χ1) is 14.1. The number of hydrogen-bond donors (Lipinski definition) is 7. The number of hydrogen-bond acceptors (Lipinski definition) is 6. The Hall–Kier alpha value is -3.34. The van der Waals surface area contributed by atoms with Gasteiger partial charge in [-0.05, 0) is 43.4 Å². The van der Waals surface area contributed by atoms with Crippen LogP contribution in [-0.2, 0) is 20.8 Å². The lowest BCUT2D eigenvalue weighted by atomic mass is 10.0. The van der Waals surface area contributed by atoms with Crippen LogP contribution in [-0.4, -0.2) is 71.1 Å². The summed E-state index contributed by atoms with van der Waals surface area (Å²) in [5.74, 6) is -2.14. The summed E-state index contributed by atoms with van der Waals surface area (Å²) in [4.78, 5) is 36.6. The van der Waals surface area contributed by atoms with Crippen LogP contribution in [0.15, 0.2) is 24.3 Å². The molecule has 0 aliphatic rings. The highest BCUT2D eigenvalue weighted by Crippen LogP contribution is 2.11. The van der Waals surface area contributed by atoms with Gasteiger partial charge in [0.2, 0.25) is 11.8 Å². The molecule has 166 valence electrons. The van der Waals surface area contributed by atoms with E-state index in [1.807, 2.05) is 0 Å². The van der Waals surface area contributed by atoms with Gasteiger partial charge in [-0.3, -0.25) is 15.0 Å². The number of carbonyl (C=O) groups excluding carboxylic acids is 2. The van der Waals surface area contributed by atoms with Crippen LogP contribution in [0.5, 0.6) is 5.75 Å². The molecule has 0 radical (unpaired) electrons. The maximum atomic E-state index is 12.2. The number of phenols is 1. The summed E-state index contributed by atoms with van der Waals surface area (Å²) in [6, 6.07) is 4.24. The Morgan fingerprint density at radius 3 is 2.40 bits per heavy atom. The fraction of sp³-hybridized carbons (Fsp3) is 0.474.